The van der Waals surface area contributed by atoms with Gasteiger partial charge in [-0.2, -0.15) is 0 Å². The zero-order valence-electron chi connectivity index (χ0n) is 13.9. The first kappa shape index (κ1) is 19.9. The van der Waals surface area contributed by atoms with Crippen LogP contribution in [0.1, 0.15) is 24.3 Å². The van der Waals surface area contributed by atoms with E-state index in [1.165, 1.54) is 20.9 Å². The number of aryl methyl sites for hydroxylation is 1. The number of carbonyl (C=O) groups excluding carboxylic acids is 1. The van der Waals surface area contributed by atoms with E-state index < -0.39 is 61.5 Å². The van der Waals surface area contributed by atoms with Crippen molar-refractivity contribution in [3.8, 4) is 0 Å². The summed E-state index contributed by atoms with van der Waals surface area (Å²) in [4.78, 5) is 11.4. The van der Waals surface area contributed by atoms with Crippen LogP contribution in [0.3, 0.4) is 0 Å². The third-order valence-electron chi connectivity index (χ3n) is 3.27. The van der Waals surface area contributed by atoms with Crippen LogP contribution < -0.4 is 10.0 Å². The molecule has 0 saturated carbocycles. The van der Waals surface area contributed by atoms with Crippen molar-refractivity contribution in [2.24, 2.45) is 7.05 Å². The molecule has 11 heteroatoms. The summed E-state index contributed by atoms with van der Waals surface area (Å²) in [6, 6.07) is 0.815. The van der Waals surface area contributed by atoms with E-state index in [-0.39, 0.29) is 0 Å². The number of rotatable bonds is 5. The summed E-state index contributed by atoms with van der Waals surface area (Å²) in [5, 5.41) is 1.89. The van der Waals surface area contributed by atoms with Crippen molar-refractivity contribution in [1.29, 1.82) is 0 Å². The van der Waals surface area contributed by atoms with Crippen molar-refractivity contribution in [2.45, 2.75) is 24.8 Å². The zero-order chi connectivity index (χ0) is 19.8. The van der Waals surface area contributed by atoms with E-state index in [4.69, 9.17) is 0 Å². The van der Waals surface area contributed by atoms with Gasteiger partial charge in [-0.1, -0.05) is 0 Å². The highest BCUT2D eigenvalue weighted by molar-refractivity contribution is 7.89. The maximum absolute atomic E-state index is 14.5. The predicted molar refractivity (Wildman–Crippen MR) is 85.1 cm³/mol. The third kappa shape index (κ3) is 3.73. The molecule has 26 heavy (non-hydrogen) atoms. The first-order valence-corrected chi connectivity index (χ1v) is 8.76. The van der Waals surface area contributed by atoms with Crippen molar-refractivity contribution in [3.63, 3.8) is 0 Å². The number of hydrogen-bond acceptors (Lipinski definition) is 3. The van der Waals surface area contributed by atoms with Crippen LogP contribution in [0.15, 0.2) is 23.2 Å². The Bertz CT molecular complexity index is 971. The molecular weight excluding hydrogens is 378 g/mol. The van der Waals surface area contributed by atoms with E-state index in [2.05, 4.69) is 4.72 Å². The van der Waals surface area contributed by atoms with Gasteiger partial charge >= 0.3 is 0 Å². The number of nitrogens with zero attached hydrogens (tertiary/aromatic N) is 1. The van der Waals surface area contributed by atoms with Gasteiger partial charge in [0, 0.05) is 19.3 Å². The number of nitrogens with one attached hydrogen (secondary N) is 2. The largest absolute Gasteiger partial charge is 0.343 e. The fraction of sp³-hybridized carbons (Fsp3) is 0.267. The molecule has 0 fully saturated rings. The molecule has 0 aliphatic rings. The molecule has 0 saturated heterocycles. The lowest BCUT2D eigenvalue weighted by Crippen LogP contribution is -2.30. The Morgan fingerprint density at radius 3 is 2.27 bits per heavy atom. The summed E-state index contributed by atoms with van der Waals surface area (Å²) >= 11 is 0. The van der Waals surface area contributed by atoms with Gasteiger partial charge in [-0.05, 0) is 26.0 Å². The summed E-state index contributed by atoms with van der Waals surface area (Å²) < 4.78 is 81.5. The second-order valence-corrected chi connectivity index (χ2v) is 7.40. The number of amides is 1. The molecule has 0 bridgehead atoms. The monoisotopic (exact) mass is 393 g/mol. The molecule has 1 aromatic heterocycles. The summed E-state index contributed by atoms with van der Waals surface area (Å²) in [6.07, 6.45) is 0.872. The lowest BCUT2D eigenvalue weighted by atomic mass is 10.2. The van der Waals surface area contributed by atoms with Crippen molar-refractivity contribution >= 4 is 21.6 Å². The van der Waals surface area contributed by atoms with Gasteiger partial charge in [0.05, 0.1) is 5.69 Å². The normalized spacial score (nSPS) is 11.8. The highest BCUT2D eigenvalue weighted by Gasteiger charge is 2.29. The minimum atomic E-state index is -4.23. The Morgan fingerprint density at radius 2 is 1.69 bits per heavy atom. The molecule has 1 aromatic carbocycles. The van der Waals surface area contributed by atoms with Crippen LogP contribution in [0.5, 0.6) is 0 Å². The lowest BCUT2D eigenvalue weighted by Gasteiger charge is -2.09. The van der Waals surface area contributed by atoms with Crippen LogP contribution in [0.2, 0.25) is 0 Å². The molecule has 2 aromatic rings. The molecule has 142 valence electrons. The Morgan fingerprint density at radius 1 is 1.08 bits per heavy atom. The van der Waals surface area contributed by atoms with Crippen molar-refractivity contribution in [2.75, 3.05) is 5.32 Å². The number of sulfonamides is 1. The van der Waals surface area contributed by atoms with Gasteiger partial charge in [0.15, 0.2) is 23.3 Å². The number of hydrogen-bond donors (Lipinski definition) is 2. The number of benzene rings is 1. The fourth-order valence-corrected chi connectivity index (χ4v) is 3.57. The fourth-order valence-electron chi connectivity index (χ4n) is 2.19. The summed E-state index contributed by atoms with van der Waals surface area (Å²) in [5.74, 6) is -7.53. The van der Waals surface area contributed by atoms with E-state index in [0.717, 1.165) is 16.8 Å². The summed E-state index contributed by atoms with van der Waals surface area (Å²) in [5.41, 5.74) is -1.45. The Balaban J connectivity index is 2.41. The zero-order valence-corrected chi connectivity index (χ0v) is 14.7. The van der Waals surface area contributed by atoms with Crippen LogP contribution >= 0.6 is 0 Å². The van der Waals surface area contributed by atoms with Gasteiger partial charge in [-0.25, -0.2) is 30.7 Å². The molecule has 1 amide bonds. The van der Waals surface area contributed by atoms with E-state index in [1.54, 1.807) is 0 Å². The minimum Gasteiger partial charge on any atom is -0.343 e. The quantitative estimate of drug-likeness (QED) is 0.605. The maximum atomic E-state index is 14.5. The maximum Gasteiger partial charge on any atom is 0.275 e. The Kier molecular flexibility index (Phi) is 5.42. The van der Waals surface area contributed by atoms with Gasteiger partial charge < -0.3 is 9.88 Å². The van der Waals surface area contributed by atoms with Gasteiger partial charge in [0.25, 0.3) is 5.91 Å². The molecule has 0 aliphatic heterocycles. The molecule has 0 radical (unpaired) electrons. The van der Waals surface area contributed by atoms with Gasteiger partial charge in [-0.3, -0.25) is 4.79 Å². The molecule has 0 unspecified atom stereocenters. The Labute approximate surface area is 146 Å². The third-order valence-corrected chi connectivity index (χ3v) is 4.91. The van der Waals surface area contributed by atoms with Crippen LogP contribution in [0, 0.1) is 23.3 Å². The van der Waals surface area contributed by atoms with Crippen LogP contribution in [-0.2, 0) is 17.1 Å². The number of anilines is 1. The standard InChI is InChI=1S/C15H15F4N3O3S/c1-7(2)21-26(24,25)10-6-22(3)14(13(10)19)15(23)20-9-5-4-8(16)11(17)12(9)18/h4-7,21H,1-3H3,(H,20,23). The van der Waals surface area contributed by atoms with Crippen LogP contribution in [0.4, 0.5) is 23.2 Å². The molecule has 0 spiro atoms. The second-order valence-electron chi connectivity index (χ2n) is 5.72. The SMILES string of the molecule is CC(C)NS(=O)(=O)c1cn(C)c(C(=O)Nc2ccc(F)c(F)c2F)c1F. The van der Waals surface area contributed by atoms with Gasteiger partial charge in [0.2, 0.25) is 10.0 Å². The minimum absolute atomic E-state index is 0.520. The lowest BCUT2D eigenvalue weighted by molar-refractivity contribution is 0.101. The topological polar surface area (TPSA) is 80.2 Å². The number of aromatic nitrogens is 1. The van der Waals surface area contributed by atoms with Gasteiger partial charge in [0.1, 0.15) is 10.6 Å². The first-order chi connectivity index (χ1) is 12.0. The van der Waals surface area contributed by atoms with Crippen molar-refractivity contribution in [1.82, 2.24) is 9.29 Å². The van der Waals surface area contributed by atoms with Gasteiger partial charge in [-0.15, -0.1) is 0 Å². The molecular formula is C15H15F4N3O3S. The first-order valence-electron chi connectivity index (χ1n) is 7.27. The highest BCUT2D eigenvalue weighted by Crippen LogP contribution is 2.24. The van der Waals surface area contributed by atoms with Crippen LogP contribution in [-0.4, -0.2) is 24.9 Å². The molecule has 2 N–H and O–H groups in total. The van der Waals surface area contributed by atoms with Crippen LogP contribution in [0.25, 0.3) is 0 Å². The average Bonchev–Trinajstić information content (AvgIpc) is 2.82. The summed E-state index contributed by atoms with van der Waals surface area (Å²) in [7, 11) is -3.03. The average molecular weight is 393 g/mol. The molecule has 2 rings (SSSR count). The van der Waals surface area contributed by atoms with E-state index >= 15 is 0 Å². The van der Waals surface area contributed by atoms with E-state index in [0.29, 0.717) is 6.07 Å². The van der Waals surface area contributed by atoms with E-state index in [1.807, 2.05) is 5.32 Å². The molecule has 0 atom stereocenters. The second kappa shape index (κ2) is 7.08. The number of carbonyl (C=O) groups is 1. The Hall–Kier alpha value is -2.40. The van der Waals surface area contributed by atoms with Crippen molar-refractivity contribution < 1.29 is 30.8 Å². The predicted octanol–water partition coefficient (Wildman–Crippen LogP) is 2.52. The highest BCUT2D eigenvalue weighted by atomic mass is 32.2. The summed E-state index contributed by atoms with van der Waals surface area (Å²) in [6.45, 7) is 3.05. The van der Waals surface area contributed by atoms with E-state index in [9.17, 15) is 30.8 Å². The van der Waals surface area contributed by atoms with Crippen molar-refractivity contribution in [3.05, 3.63) is 47.3 Å². The molecule has 6 nitrogen and oxygen atoms in total. The molecule has 0 aliphatic carbocycles. The molecule has 1 heterocycles. The smallest absolute Gasteiger partial charge is 0.275 e. The number of halogens is 4.